The zero-order chi connectivity index (χ0) is 12.3. The topological polar surface area (TPSA) is 26.3 Å². The molecule has 3 aliphatic rings. The summed E-state index contributed by atoms with van der Waals surface area (Å²) in [6.45, 7) is 2.12. The van der Waals surface area contributed by atoms with Crippen LogP contribution in [0.3, 0.4) is 0 Å². The van der Waals surface area contributed by atoms with Crippen molar-refractivity contribution < 1.29 is 9.53 Å². The van der Waals surface area contributed by atoms with Gasteiger partial charge in [0.25, 0.3) is 0 Å². The monoisotopic (exact) mass is 242 g/mol. The summed E-state index contributed by atoms with van der Waals surface area (Å²) in [4.78, 5) is 12.3. The summed E-state index contributed by atoms with van der Waals surface area (Å²) < 4.78 is 5.73. The third-order valence-corrected chi connectivity index (χ3v) is 5.44. The summed E-state index contributed by atoms with van der Waals surface area (Å²) in [6.07, 6.45) is 4.43. The Kier molecular flexibility index (Phi) is 1.98. The van der Waals surface area contributed by atoms with Crippen molar-refractivity contribution in [1.82, 2.24) is 0 Å². The average molecular weight is 242 g/mol. The standard InChI is InChI=1S/C16H18O2/c1-16-8-4-7-11-10-5-2-3-6-12(10)14(9-13(11)16)18-15(16)17/h2-3,5-6,11,13-14H,4,7-9H2,1H3/t11-,13+,14-,16-/m1/s1. The van der Waals surface area contributed by atoms with Crippen molar-refractivity contribution in [1.29, 1.82) is 0 Å². The smallest absolute Gasteiger partial charge is 0.312 e. The zero-order valence-electron chi connectivity index (χ0n) is 10.7. The summed E-state index contributed by atoms with van der Waals surface area (Å²) in [5.74, 6) is 1.11. The molecule has 0 N–H and O–H groups in total. The van der Waals surface area contributed by atoms with Gasteiger partial charge >= 0.3 is 5.97 Å². The highest BCUT2D eigenvalue weighted by molar-refractivity contribution is 5.79. The van der Waals surface area contributed by atoms with Gasteiger partial charge in [0.2, 0.25) is 0 Å². The second-order valence-electron chi connectivity index (χ2n) is 6.28. The maximum Gasteiger partial charge on any atom is 0.312 e. The van der Waals surface area contributed by atoms with Crippen LogP contribution in [0.25, 0.3) is 0 Å². The van der Waals surface area contributed by atoms with Crippen LogP contribution in [0.4, 0.5) is 0 Å². The van der Waals surface area contributed by atoms with E-state index in [4.69, 9.17) is 4.74 Å². The lowest BCUT2D eigenvalue weighted by molar-refractivity contribution is -0.184. The van der Waals surface area contributed by atoms with Gasteiger partial charge in [0.1, 0.15) is 6.10 Å². The van der Waals surface area contributed by atoms with E-state index in [1.165, 1.54) is 17.5 Å². The average Bonchev–Trinajstić information content (AvgIpc) is 2.39. The number of carbonyl (C=O) groups is 1. The van der Waals surface area contributed by atoms with Gasteiger partial charge in [0.15, 0.2) is 0 Å². The first-order valence-electron chi connectivity index (χ1n) is 7.00. The van der Waals surface area contributed by atoms with Crippen LogP contribution in [0.15, 0.2) is 24.3 Å². The van der Waals surface area contributed by atoms with Crippen LogP contribution in [0.1, 0.15) is 55.8 Å². The molecule has 1 saturated heterocycles. The third kappa shape index (κ3) is 1.16. The third-order valence-electron chi connectivity index (χ3n) is 5.44. The largest absolute Gasteiger partial charge is 0.457 e. The molecule has 2 heteroatoms. The lowest BCUT2D eigenvalue weighted by Crippen LogP contribution is -2.50. The molecule has 1 aromatic carbocycles. The van der Waals surface area contributed by atoms with Gasteiger partial charge in [0.05, 0.1) is 5.41 Å². The van der Waals surface area contributed by atoms with E-state index in [1.807, 2.05) is 0 Å². The van der Waals surface area contributed by atoms with E-state index < -0.39 is 0 Å². The van der Waals surface area contributed by atoms with Crippen molar-refractivity contribution in [2.24, 2.45) is 11.3 Å². The Hall–Kier alpha value is -1.31. The molecule has 1 aliphatic heterocycles. The molecule has 0 radical (unpaired) electrons. The predicted octanol–water partition coefficient (Wildman–Crippen LogP) is 3.58. The summed E-state index contributed by atoms with van der Waals surface area (Å²) in [6, 6.07) is 8.56. The van der Waals surface area contributed by atoms with Crippen LogP contribution in [-0.2, 0) is 9.53 Å². The number of carbonyl (C=O) groups excluding carboxylic acids is 1. The maximum atomic E-state index is 12.3. The molecule has 2 fully saturated rings. The fraction of sp³-hybridized carbons (Fsp3) is 0.562. The molecule has 2 aliphatic carbocycles. The number of ether oxygens (including phenoxy) is 1. The van der Waals surface area contributed by atoms with Crippen molar-refractivity contribution >= 4 is 5.97 Å². The van der Waals surface area contributed by atoms with Gasteiger partial charge in [-0.3, -0.25) is 4.79 Å². The van der Waals surface area contributed by atoms with Gasteiger partial charge in [-0.05, 0) is 49.1 Å². The van der Waals surface area contributed by atoms with E-state index in [0.717, 1.165) is 19.3 Å². The minimum Gasteiger partial charge on any atom is -0.457 e. The van der Waals surface area contributed by atoms with Crippen LogP contribution in [-0.4, -0.2) is 5.97 Å². The summed E-state index contributed by atoms with van der Waals surface area (Å²) in [5.41, 5.74) is 2.47. The minimum absolute atomic E-state index is 0.0149. The maximum absolute atomic E-state index is 12.3. The molecule has 1 heterocycles. The van der Waals surface area contributed by atoms with Crippen molar-refractivity contribution in [3.8, 4) is 0 Å². The second-order valence-corrected chi connectivity index (χ2v) is 6.28. The molecule has 1 aromatic rings. The summed E-state index contributed by atoms with van der Waals surface area (Å²) in [7, 11) is 0. The van der Waals surface area contributed by atoms with Crippen molar-refractivity contribution in [3.63, 3.8) is 0 Å². The van der Waals surface area contributed by atoms with E-state index in [0.29, 0.717) is 11.8 Å². The van der Waals surface area contributed by atoms with Gasteiger partial charge in [-0.25, -0.2) is 0 Å². The molecule has 4 atom stereocenters. The Morgan fingerprint density at radius 3 is 2.89 bits per heavy atom. The van der Waals surface area contributed by atoms with E-state index >= 15 is 0 Å². The molecule has 0 amide bonds. The lowest BCUT2D eigenvalue weighted by Gasteiger charge is -2.53. The highest BCUT2D eigenvalue weighted by Crippen LogP contribution is 2.60. The van der Waals surface area contributed by atoms with Gasteiger partial charge in [0, 0.05) is 0 Å². The summed E-state index contributed by atoms with van der Waals surface area (Å²) >= 11 is 0. The SMILES string of the molecule is C[C@@]12CCC[C@@H]3c4ccccc4[C@@H](C[C@@H]31)OC2=O. The second kappa shape index (κ2) is 3.37. The van der Waals surface area contributed by atoms with Gasteiger partial charge in [-0.2, -0.15) is 0 Å². The van der Waals surface area contributed by atoms with E-state index in [9.17, 15) is 4.79 Å². The van der Waals surface area contributed by atoms with Crippen molar-refractivity contribution in [2.45, 2.75) is 44.6 Å². The first kappa shape index (κ1) is 10.6. The normalized spacial score (nSPS) is 40.9. The van der Waals surface area contributed by atoms with Crippen molar-refractivity contribution in [2.75, 3.05) is 0 Å². The van der Waals surface area contributed by atoms with Crippen LogP contribution in [0.5, 0.6) is 0 Å². The number of esters is 1. The highest BCUT2D eigenvalue weighted by atomic mass is 16.5. The lowest BCUT2D eigenvalue weighted by atomic mass is 9.55. The van der Waals surface area contributed by atoms with Crippen LogP contribution in [0.2, 0.25) is 0 Å². The molecule has 0 spiro atoms. The van der Waals surface area contributed by atoms with Crippen LogP contribution < -0.4 is 0 Å². The van der Waals surface area contributed by atoms with Crippen LogP contribution in [0, 0.1) is 11.3 Å². The molecule has 0 aromatic heterocycles. The molecule has 2 nitrogen and oxygen atoms in total. The Bertz CT molecular complexity index is 522. The number of hydrogen-bond donors (Lipinski definition) is 0. The first-order chi connectivity index (χ1) is 8.70. The quantitative estimate of drug-likeness (QED) is 0.650. The van der Waals surface area contributed by atoms with E-state index in [2.05, 4.69) is 31.2 Å². The fourth-order valence-electron chi connectivity index (χ4n) is 4.44. The molecular formula is C16H18O2. The van der Waals surface area contributed by atoms with E-state index in [1.54, 1.807) is 0 Å². The minimum atomic E-state index is -0.229. The van der Waals surface area contributed by atoms with Crippen molar-refractivity contribution in [3.05, 3.63) is 35.4 Å². The molecule has 18 heavy (non-hydrogen) atoms. The first-order valence-corrected chi connectivity index (χ1v) is 7.00. The van der Waals surface area contributed by atoms with E-state index in [-0.39, 0.29) is 17.5 Å². The molecule has 94 valence electrons. The van der Waals surface area contributed by atoms with Gasteiger partial charge < -0.3 is 4.74 Å². The van der Waals surface area contributed by atoms with Gasteiger partial charge in [-0.15, -0.1) is 0 Å². The predicted molar refractivity (Wildman–Crippen MR) is 68.1 cm³/mol. The molecular weight excluding hydrogens is 224 g/mol. The Morgan fingerprint density at radius 2 is 2.06 bits per heavy atom. The molecule has 1 saturated carbocycles. The van der Waals surface area contributed by atoms with Gasteiger partial charge in [-0.1, -0.05) is 30.7 Å². The molecule has 0 unspecified atom stereocenters. The fourth-order valence-corrected chi connectivity index (χ4v) is 4.44. The van der Waals surface area contributed by atoms with Crippen LogP contribution >= 0.6 is 0 Å². The Labute approximate surface area is 107 Å². The molecule has 2 bridgehead atoms. The Balaban J connectivity index is 1.91. The highest BCUT2D eigenvalue weighted by Gasteiger charge is 2.56. The number of rotatable bonds is 0. The number of fused-ring (bicyclic) bond motifs is 4. The number of hydrogen-bond acceptors (Lipinski definition) is 2. The molecule has 4 rings (SSSR count). The number of benzene rings is 1. The summed E-state index contributed by atoms with van der Waals surface area (Å²) in [5, 5.41) is 0. The Morgan fingerprint density at radius 1 is 1.28 bits per heavy atom. The zero-order valence-corrected chi connectivity index (χ0v) is 10.7.